The zero-order valence-electron chi connectivity index (χ0n) is 16.5. The number of amides is 1. The number of nitrogens with zero attached hydrogens (tertiary/aromatic N) is 3. The average Bonchev–Trinajstić information content (AvgIpc) is 2.61. The van der Waals surface area contributed by atoms with Crippen LogP contribution in [0.25, 0.3) is 0 Å². The lowest BCUT2D eigenvalue weighted by Crippen LogP contribution is -2.51. The third-order valence-electron chi connectivity index (χ3n) is 6.04. The van der Waals surface area contributed by atoms with Gasteiger partial charge < -0.3 is 10.0 Å². The van der Waals surface area contributed by atoms with Gasteiger partial charge in [-0.2, -0.15) is 0 Å². The normalized spacial score (nSPS) is 22.6. The van der Waals surface area contributed by atoms with E-state index in [0.717, 1.165) is 63.2 Å². The number of aryl methyl sites for hydroxylation is 2. The molecule has 0 radical (unpaired) electrons. The van der Waals surface area contributed by atoms with Gasteiger partial charge in [-0.1, -0.05) is 6.07 Å². The molecule has 1 atom stereocenters. The molecular weight excluding hydrogens is 326 g/mol. The van der Waals surface area contributed by atoms with E-state index in [1.54, 1.807) is 0 Å². The number of hydrogen-bond acceptors (Lipinski definition) is 4. The number of rotatable bonds is 4. The lowest BCUT2D eigenvalue weighted by Gasteiger charge is -2.38. The maximum Gasteiger partial charge on any atom is 0.236 e. The van der Waals surface area contributed by atoms with E-state index in [-0.39, 0.29) is 5.91 Å². The maximum absolute atomic E-state index is 12.6. The molecule has 2 aliphatic rings. The monoisotopic (exact) mass is 359 g/mol. The van der Waals surface area contributed by atoms with E-state index in [1.165, 1.54) is 12.0 Å². The number of benzene rings is 1. The quantitative estimate of drug-likeness (QED) is 0.897. The van der Waals surface area contributed by atoms with Crippen LogP contribution in [0.4, 0.5) is 0 Å². The van der Waals surface area contributed by atoms with E-state index in [9.17, 15) is 9.90 Å². The molecule has 0 bridgehead atoms. The van der Waals surface area contributed by atoms with E-state index in [0.29, 0.717) is 18.3 Å². The minimum absolute atomic E-state index is 0.289. The van der Waals surface area contributed by atoms with Crippen molar-refractivity contribution in [3.63, 3.8) is 0 Å². The summed E-state index contributed by atoms with van der Waals surface area (Å²) in [5.41, 5.74) is 3.35. The van der Waals surface area contributed by atoms with Crippen LogP contribution in [0.1, 0.15) is 42.9 Å². The molecule has 0 spiro atoms. The van der Waals surface area contributed by atoms with Gasteiger partial charge in [0.1, 0.15) is 5.75 Å². The Labute approximate surface area is 157 Å². The first kappa shape index (κ1) is 19.2. The van der Waals surface area contributed by atoms with Gasteiger partial charge in [-0.15, -0.1) is 0 Å². The molecule has 5 nitrogen and oxygen atoms in total. The Balaban J connectivity index is 1.48. The van der Waals surface area contributed by atoms with Gasteiger partial charge in [-0.25, -0.2) is 0 Å². The van der Waals surface area contributed by atoms with E-state index >= 15 is 0 Å². The third-order valence-corrected chi connectivity index (χ3v) is 6.04. The van der Waals surface area contributed by atoms with Crippen LogP contribution < -0.4 is 0 Å². The highest BCUT2D eigenvalue weighted by molar-refractivity contribution is 5.78. The van der Waals surface area contributed by atoms with Gasteiger partial charge in [0.05, 0.1) is 6.54 Å². The number of phenolic OH excluding ortho intramolecular Hbond substituents is 1. The number of aromatic hydroxyl groups is 1. The van der Waals surface area contributed by atoms with Crippen LogP contribution >= 0.6 is 0 Å². The zero-order valence-corrected chi connectivity index (χ0v) is 16.5. The highest BCUT2D eigenvalue weighted by Gasteiger charge is 2.26. The molecule has 0 unspecified atom stereocenters. The maximum atomic E-state index is 12.6. The van der Waals surface area contributed by atoms with Crippen molar-refractivity contribution in [2.75, 3.05) is 39.3 Å². The number of phenols is 1. The minimum Gasteiger partial charge on any atom is -0.508 e. The summed E-state index contributed by atoms with van der Waals surface area (Å²) in [4.78, 5) is 19.3. The van der Waals surface area contributed by atoms with Crippen LogP contribution in [0, 0.1) is 13.8 Å². The molecule has 0 aliphatic carbocycles. The van der Waals surface area contributed by atoms with Crippen molar-refractivity contribution in [3.05, 3.63) is 28.8 Å². The van der Waals surface area contributed by atoms with Crippen molar-refractivity contribution in [2.45, 2.75) is 52.6 Å². The fourth-order valence-corrected chi connectivity index (χ4v) is 4.08. The van der Waals surface area contributed by atoms with Crippen LogP contribution in [0.15, 0.2) is 12.1 Å². The van der Waals surface area contributed by atoms with Gasteiger partial charge in [0, 0.05) is 50.9 Å². The lowest BCUT2D eigenvalue weighted by atomic mass is 10.0. The van der Waals surface area contributed by atoms with Crippen LogP contribution in [0.3, 0.4) is 0 Å². The van der Waals surface area contributed by atoms with Crippen molar-refractivity contribution in [3.8, 4) is 5.75 Å². The lowest BCUT2D eigenvalue weighted by molar-refractivity contribution is -0.136. The molecule has 2 saturated heterocycles. The molecule has 1 aromatic carbocycles. The van der Waals surface area contributed by atoms with Gasteiger partial charge in [-0.3, -0.25) is 14.6 Å². The molecule has 1 aromatic rings. The number of carbonyl (C=O) groups excluding carboxylic acids is 1. The second-order valence-electron chi connectivity index (χ2n) is 8.05. The molecule has 2 aliphatic heterocycles. The average molecular weight is 360 g/mol. The van der Waals surface area contributed by atoms with Gasteiger partial charge in [-0.05, 0) is 57.2 Å². The summed E-state index contributed by atoms with van der Waals surface area (Å²) in [7, 11) is 0. The molecule has 2 heterocycles. The Morgan fingerprint density at radius 2 is 1.69 bits per heavy atom. The Hall–Kier alpha value is -1.59. The number of likely N-dealkylation sites (tertiary alicyclic amines) is 1. The van der Waals surface area contributed by atoms with Crippen molar-refractivity contribution >= 4 is 5.91 Å². The predicted molar refractivity (Wildman–Crippen MR) is 104 cm³/mol. The van der Waals surface area contributed by atoms with Crippen LogP contribution in [-0.2, 0) is 11.3 Å². The van der Waals surface area contributed by atoms with E-state index in [4.69, 9.17) is 0 Å². The van der Waals surface area contributed by atoms with Crippen LogP contribution in [0.5, 0.6) is 5.75 Å². The van der Waals surface area contributed by atoms with Crippen LogP contribution in [-0.4, -0.2) is 71.0 Å². The van der Waals surface area contributed by atoms with E-state index in [1.807, 2.05) is 13.0 Å². The molecule has 144 valence electrons. The Bertz CT molecular complexity index is 638. The molecule has 0 aromatic heterocycles. The van der Waals surface area contributed by atoms with E-state index < -0.39 is 0 Å². The highest BCUT2D eigenvalue weighted by atomic mass is 16.3. The third kappa shape index (κ3) is 4.57. The fraction of sp³-hybridized carbons (Fsp3) is 0.667. The highest BCUT2D eigenvalue weighted by Crippen LogP contribution is 2.24. The van der Waals surface area contributed by atoms with Gasteiger partial charge in [0.2, 0.25) is 5.91 Å². The summed E-state index contributed by atoms with van der Waals surface area (Å²) in [6.45, 7) is 12.2. The number of piperazine rings is 1. The first-order valence-corrected chi connectivity index (χ1v) is 9.97. The molecule has 3 rings (SSSR count). The second kappa shape index (κ2) is 8.40. The SMILES string of the molecule is Cc1cc(O)c(CN2CCN(CC(=O)N3CCCC[C@H]3C)CC2)cc1C. The van der Waals surface area contributed by atoms with Crippen molar-refractivity contribution < 1.29 is 9.90 Å². The van der Waals surface area contributed by atoms with Crippen LogP contribution in [0.2, 0.25) is 0 Å². The Kier molecular flexibility index (Phi) is 6.20. The van der Waals surface area contributed by atoms with E-state index in [2.05, 4.69) is 34.6 Å². The smallest absolute Gasteiger partial charge is 0.236 e. The Morgan fingerprint density at radius 1 is 1.04 bits per heavy atom. The zero-order chi connectivity index (χ0) is 18.7. The first-order chi connectivity index (χ1) is 12.4. The molecule has 1 amide bonds. The number of carbonyl (C=O) groups is 1. The molecule has 0 saturated carbocycles. The van der Waals surface area contributed by atoms with Crippen molar-refractivity contribution in [1.82, 2.24) is 14.7 Å². The molecule has 2 fully saturated rings. The topological polar surface area (TPSA) is 47.0 Å². The van der Waals surface area contributed by atoms with Crippen molar-refractivity contribution in [1.29, 1.82) is 0 Å². The fourth-order valence-electron chi connectivity index (χ4n) is 4.08. The van der Waals surface area contributed by atoms with Gasteiger partial charge in [0.15, 0.2) is 0 Å². The first-order valence-electron chi connectivity index (χ1n) is 9.97. The van der Waals surface area contributed by atoms with Gasteiger partial charge in [0.25, 0.3) is 0 Å². The molecule has 5 heteroatoms. The predicted octanol–water partition coefficient (Wildman–Crippen LogP) is 2.53. The largest absolute Gasteiger partial charge is 0.508 e. The summed E-state index contributed by atoms with van der Waals surface area (Å²) >= 11 is 0. The standard InChI is InChI=1S/C21H33N3O2/c1-16-12-19(20(25)13-17(16)2)14-22-8-10-23(11-9-22)15-21(26)24-7-5-4-6-18(24)3/h12-13,18,25H,4-11,14-15H2,1-3H3/t18-/m1/s1. The summed E-state index contributed by atoms with van der Waals surface area (Å²) in [5.74, 6) is 0.683. The Morgan fingerprint density at radius 3 is 2.38 bits per heavy atom. The second-order valence-corrected chi connectivity index (χ2v) is 8.05. The summed E-state index contributed by atoms with van der Waals surface area (Å²) in [6, 6.07) is 4.35. The number of piperidine rings is 1. The van der Waals surface area contributed by atoms with Gasteiger partial charge >= 0.3 is 0 Å². The summed E-state index contributed by atoms with van der Waals surface area (Å²) < 4.78 is 0. The summed E-state index contributed by atoms with van der Waals surface area (Å²) in [5, 5.41) is 10.2. The minimum atomic E-state index is 0.289. The molecular formula is C21H33N3O2. The number of hydrogen-bond donors (Lipinski definition) is 1. The molecule has 26 heavy (non-hydrogen) atoms. The summed E-state index contributed by atoms with van der Waals surface area (Å²) in [6.07, 6.45) is 3.53. The molecule has 1 N–H and O–H groups in total. The van der Waals surface area contributed by atoms with Crippen molar-refractivity contribution in [2.24, 2.45) is 0 Å².